The number of morpholine rings is 1. The van der Waals surface area contributed by atoms with E-state index in [1.165, 1.54) is 0 Å². The van der Waals surface area contributed by atoms with Crippen molar-refractivity contribution in [2.45, 2.75) is 6.10 Å². The first kappa shape index (κ1) is 14.0. The summed E-state index contributed by atoms with van der Waals surface area (Å²) in [5.41, 5.74) is 0. The van der Waals surface area contributed by atoms with Crippen LogP contribution in [0.5, 0.6) is 0 Å². The number of nitrogens with zero attached hydrogens (tertiary/aromatic N) is 4. The Bertz CT molecular complexity index is 398. The molecule has 2 N–H and O–H groups in total. The van der Waals surface area contributed by atoms with Crippen molar-refractivity contribution in [3.8, 4) is 0 Å². The van der Waals surface area contributed by atoms with Gasteiger partial charge in [0.05, 0.1) is 38.3 Å². The topological polar surface area (TPSA) is 82.0 Å². The number of rotatable bonds is 5. The van der Waals surface area contributed by atoms with E-state index in [0.717, 1.165) is 18.9 Å². The molecule has 19 heavy (non-hydrogen) atoms. The third-order valence-electron chi connectivity index (χ3n) is 3.03. The Morgan fingerprint density at radius 2 is 2.16 bits per heavy atom. The fourth-order valence-electron chi connectivity index (χ4n) is 1.94. The van der Waals surface area contributed by atoms with Gasteiger partial charge in [-0.05, 0) is 0 Å². The van der Waals surface area contributed by atoms with Crippen LogP contribution in [0, 0.1) is 0 Å². The van der Waals surface area contributed by atoms with Crippen LogP contribution >= 0.6 is 0 Å². The van der Waals surface area contributed by atoms with Crippen molar-refractivity contribution < 1.29 is 14.9 Å². The molecule has 2 rings (SSSR count). The summed E-state index contributed by atoms with van der Waals surface area (Å²) in [5.74, 6) is 1.49. The molecule has 1 aliphatic heterocycles. The average Bonchev–Trinajstić information content (AvgIpc) is 2.48. The molecule has 0 bridgehead atoms. The Morgan fingerprint density at radius 3 is 2.84 bits per heavy atom. The second-order valence-electron chi connectivity index (χ2n) is 4.55. The van der Waals surface area contributed by atoms with E-state index in [-0.39, 0.29) is 6.61 Å². The lowest BCUT2D eigenvalue weighted by atomic mass is 10.3. The fourth-order valence-corrected chi connectivity index (χ4v) is 1.94. The summed E-state index contributed by atoms with van der Waals surface area (Å²) in [6, 6.07) is 0. The summed E-state index contributed by atoms with van der Waals surface area (Å²) < 4.78 is 5.30. The van der Waals surface area contributed by atoms with Gasteiger partial charge in [0.25, 0.3) is 0 Å². The maximum atomic E-state index is 9.44. The molecule has 1 fully saturated rings. The lowest BCUT2D eigenvalue weighted by Gasteiger charge is -2.28. The molecule has 1 aromatic rings. The first-order valence-corrected chi connectivity index (χ1v) is 6.35. The summed E-state index contributed by atoms with van der Waals surface area (Å²) >= 11 is 0. The summed E-state index contributed by atoms with van der Waals surface area (Å²) in [5, 5.41) is 18.3. The van der Waals surface area contributed by atoms with E-state index in [4.69, 9.17) is 9.84 Å². The molecule has 7 nitrogen and oxygen atoms in total. The molecule has 0 saturated carbocycles. The Morgan fingerprint density at radius 1 is 1.42 bits per heavy atom. The Kier molecular flexibility index (Phi) is 4.89. The maximum absolute atomic E-state index is 9.44. The van der Waals surface area contributed by atoms with Gasteiger partial charge >= 0.3 is 0 Å². The second kappa shape index (κ2) is 6.65. The normalized spacial score (nSPS) is 17.3. The van der Waals surface area contributed by atoms with E-state index >= 15 is 0 Å². The fraction of sp³-hybridized carbons (Fsp3) is 0.667. The quantitative estimate of drug-likeness (QED) is 0.716. The first-order valence-electron chi connectivity index (χ1n) is 6.35. The molecule has 2 heterocycles. The SMILES string of the molecule is CN(CC(O)CO)c1cncc(N2CCOCC2)n1. The molecule has 0 radical (unpaired) electrons. The molecule has 106 valence electrons. The van der Waals surface area contributed by atoms with Crippen LogP contribution < -0.4 is 9.80 Å². The van der Waals surface area contributed by atoms with Crippen molar-refractivity contribution in [2.24, 2.45) is 0 Å². The monoisotopic (exact) mass is 268 g/mol. The van der Waals surface area contributed by atoms with Crippen molar-refractivity contribution in [2.75, 3.05) is 56.3 Å². The number of aliphatic hydroxyl groups is 2. The highest BCUT2D eigenvalue weighted by atomic mass is 16.5. The molecule has 1 saturated heterocycles. The molecule has 1 atom stereocenters. The molecule has 1 unspecified atom stereocenters. The number of likely N-dealkylation sites (N-methyl/N-ethyl adjacent to an activating group) is 1. The van der Waals surface area contributed by atoms with Crippen LogP contribution in [-0.4, -0.2) is 72.8 Å². The minimum absolute atomic E-state index is 0.263. The molecule has 7 heteroatoms. The first-order chi connectivity index (χ1) is 9.20. The standard InChI is InChI=1S/C12H20N4O3/c1-15(8-10(18)9-17)11-6-13-7-12(14-11)16-2-4-19-5-3-16/h6-7,10,17-18H,2-5,8-9H2,1H3. The minimum Gasteiger partial charge on any atom is -0.394 e. The zero-order chi connectivity index (χ0) is 13.7. The van der Waals surface area contributed by atoms with E-state index in [9.17, 15) is 5.11 Å². The number of anilines is 2. The van der Waals surface area contributed by atoms with Gasteiger partial charge in [0.1, 0.15) is 11.6 Å². The number of aliphatic hydroxyl groups excluding tert-OH is 2. The summed E-state index contributed by atoms with van der Waals surface area (Å²) in [4.78, 5) is 12.6. The van der Waals surface area contributed by atoms with Crippen LogP contribution in [0.3, 0.4) is 0 Å². The highest BCUT2D eigenvalue weighted by Gasteiger charge is 2.15. The largest absolute Gasteiger partial charge is 0.394 e. The van der Waals surface area contributed by atoms with Crippen molar-refractivity contribution in [3.63, 3.8) is 0 Å². The van der Waals surface area contributed by atoms with Gasteiger partial charge in [-0.25, -0.2) is 4.98 Å². The Labute approximate surface area is 112 Å². The molecule has 0 amide bonds. The lowest BCUT2D eigenvalue weighted by Crippen LogP contribution is -2.37. The minimum atomic E-state index is -0.779. The zero-order valence-electron chi connectivity index (χ0n) is 11.1. The van der Waals surface area contributed by atoms with Gasteiger partial charge in [0, 0.05) is 26.7 Å². The third kappa shape index (κ3) is 3.76. The Hall–Kier alpha value is -1.44. The predicted molar refractivity (Wildman–Crippen MR) is 71.4 cm³/mol. The Balaban J connectivity index is 2.05. The van der Waals surface area contributed by atoms with Crippen LogP contribution in [0.2, 0.25) is 0 Å². The van der Waals surface area contributed by atoms with Crippen LogP contribution in [0.25, 0.3) is 0 Å². The predicted octanol–water partition coefficient (Wildman–Crippen LogP) is -0.897. The highest BCUT2D eigenvalue weighted by molar-refractivity contribution is 5.45. The molecular formula is C12H20N4O3. The second-order valence-corrected chi connectivity index (χ2v) is 4.55. The van der Waals surface area contributed by atoms with Crippen molar-refractivity contribution in [3.05, 3.63) is 12.4 Å². The third-order valence-corrected chi connectivity index (χ3v) is 3.03. The van der Waals surface area contributed by atoms with Crippen LogP contribution in [0.4, 0.5) is 11.6 Å². The van der Waals surface area contributed by atoms with E-state index < -0.39 is 6.10 Å². The maximum Gasteiger partial charge on any atom is 0.149 e. The lowest BCUT2D eigenvalue weighted by molar-refractivity contribution is 0.101. The molecule has 1 aromatic heterocycles. The van der Waals surface area contributed by atoms with Gasteiger partial charge in [0.2, 0.25) is 0 Å². The van der Waals surface area contributed by atoms with Crippen LogP contribution in [0.1, 0.15) is 0 Å². The van der Waals surface area contributed by atoms with E-state index in [1.807, 2.05) is 7.05 Å². The number of aromatic nitrogens is 2. The van der Waals surface area contributed by atoms with E-state index in [2.05, 4.69) is 14.9 Å². The molecule has 0 aromatic carbocycles. The zero-order valence-corrected chi connectivity index (χ0v) is 11.1. The average molecular weight is 268 g/mol. The van der Waals surface area contributed by atoms with Gasteiger partial charge in [-0.1, -0.05) is 0 Å². The van der Waals surface area contributed by atoms with Gasteiger partial charge in [0.15, 0.2) is 0 Å². The van der Waals surface area contributed by atoms with Gasteiger partial charge in [-0.2, -0.15) is 0 Å². The smallest absolute Gasteiger partial charge is 0.149 e. The van der Waals surface area contributed by atoms with Gasteiger partial charge in [-0.15, -0.1) is 0 Å². The van der Waals surface area contributed by atoms with Gasteiger partial charge < -0.3 is 24.7 Å². The molecule has 1 aliphatic rings. The number of ether oxygens (including phenoxy) is 1. The highest BCUT2D eigenvalue weighted by Crippen LogP contribution is 2.16. The summed E-state index contributed by atoms with van der Waals surface area (Å²) in [7, 11) is 1.81. The number of hydrogen-bond donors (Lipinski definition) is 2. The van der Waals surface area contributed by atoms with E-state index in [1.54, 1.807) is 17.3 Å². The molecular weight excluding hydrogens is 248 g/mol. The summed E-state index contributed by atoms with van der Waals surface area (Å²) in [6.07, 6.45) is 2.60. The molecule has 0 aliphatic carbocycles. The van der Waals surface area contributed by atoms with E-state index in [0.29, 0.717) is 25.6 Å². The summed E-state index contributed by atoms with van der Waals surface area (Å²) in [6.45, 7) is 3.07. The van der Waals surface area contributed by atoms with Crippen LogP contribution in [0.15, 0.2) is 12.4 Å². The van der Waals surface area contributed by atoms with Crippen molar-refractivity contribution in [1.82, 2.24) is 9.97 Å². The van der Waals surface area contributed by atoms with Crippen molar-refractivity contribution in [1.29, 1.82) is 0 Å². The van der Waals surface area contributed by atoms with Crippen molar-refractivity contribution >= 4 is 11.6 Å². The van der Waals surface area contributed by atoms with Gasteiger partial charge in [-0.3, -0.25) is 4.98 Å². The number of hydrogen-bond acceptors (Lipinski definition) is 7. The molecule has 0 spiro atoms. The van der Waals surface area contributed by atoms with Crippen LogP contribution in [-0.2, 0) is 4.74 Å².